The van der Waals surface area contributed by atoms with Gasteiger partial charge in [-0.05, 0) is 36.2 Å². The van der Waals surface area contributed by atoms with Crippen molar-refractivity contribution < 1.29 is 18.8 Å². The van der Waals surface area contributed by atoms with Gasteiger partial charge < -0.3 is 15.6 Å². The number of aromatic amines is 1. The molecule has 1 aromatic heterocycles. The molecular formula is C21H19FN4O3. The first kappa shape index (κ1) is 18.7. The van der Waals surface area contributed by atoms with E-state index in [2.05, 4.69) is 15.6 Å². The normalized spacial score (nSPS) is 16.3. The highest BCUT2D eigenvalue weighted by molar-refractivity contribution is 6.08. The third-order valence-electron chi connectivity index (χ3n) is 4.96. The number of para-hydroxylation sites is 1. The summed E-state index contributed by atoms with van der Waals surface area (Å²) < 4.78 is 13.6. The summed E-state index contributed by atoms with van der Waals surface area (Å²) in [7, 11) is 0. The molecule has 0 saturated carbocycles. The molecule has 1 unspecified atom stereocenters. The van der Waals surface area contributed by atoms with Crippen molar-refractivity contribution in [3.63, 3.8) is 0 Å². The lowest BCUT2D eigenvalue weighted by atomic mass is 10.1. The Kier molecular flexibility index (Phi) is 4.75. The Morgan fingerprint density at radius 3 is 2.79 bits per heavy atom. The first-order valence-electron chi connectivity index (χ1n) is 9.15. The third kappa shape index (κ3) is 3.69. The van der Waals surface area contributed by atoms with Crippen LogP contribution in [0.25, 0.3) is 10.9 Å². The lowest BCUT2D eigenvalue weighted by Gasteiger charge is -2.13. The molecule has 1 aliphatic heterocycles. The third-order valence-corrected chi connectivity index (χ3v) is 4.96. The number of nitrogens with zero attached hydrogens (tertiary/aromatic N) is 1. The standard InChI is InChI=1S/C21H19FN4O3/c1-12-6-7-14(9-16(12)22)24-19(27)11-26-20(28)18(25-21(26)29)8-13-10-23-17-5-3-2-4-15(13)17/h2-7,9-10,18,23H,8,11H2,1H3,(H,24,27)(H,25,29). The van der Waals surface area contributed by atoms with Gasteiger partial charge in [0.25, 0.3) is 5.91 Å². The van der Waals surface area contributed by atoms with E-state index in [1.54, 1.807) is 13.0 Å². The van der Waals surface area contributed by atoms with Gasteiger partial charge in [-0.2, -0.15) is 0 Å². The summed E-state index contributed by atoms with van der Waals surface area (Å²) in [4.78, 5) is 41.1. The molecule has 8 heteroatoms. The van der Waals surface area contributed by atoms with Gasteiger partial charge in [-0.3, -0.25) is 14.5 Å². The minimum absolute atomic E-state index is 0.264. The molecule has 148 valence electrons. The molecule has 29 heavy (non-hydrogen) atoms. The lowest BCUT2D eigenvalue weighted by Crippen LogP contribution is -2.38. The van der Waals surface area contributed by atoms with Crippen LogP contribution in [-0.2, 0) is 16.0 Å². The zero-order valence-electron chi connectivity index (χ0n) is 15.7. The van der Waals surface area contributed by atoms with E-state index in [9.17, 15) is 18.8 Å². The number of amides is 4. The maximum Gasteiger partial charge on any atom is 0.325 e. The van der Waals surface area contributed by atoms with Crippen LogP contribution in [0.2, 0.25) is 0 Å². The first-order chi connectivity index (χ1) is 13.9. The molecule has 1 aliphatic rings. The van der Waals surface area contributed by atoms with Crippen molar-refractivity contribution in [3.8, 4) is 0 Å². The zero-order chi connectivity index (χ0) is 20.5. The molecule has 4 rings (SSSR count). The number of urea groups is 1. The summed E-state index contributed by atoms with van der Waals surface area (Å²) in [5, 5.41) is 6.11. The van der Waals surface area contributed by atoms with Crippen molar-refractivity contribution in [1.82, 2.24) is 15.2 Å². The Morgan fingerprint density at radius 2 is 2.00 bits per heavy atom. The van der Waals surface area contributed by atoms with E-state index in [-0.39, 0.29) is 5.69 Å². The summed E-state index contributed by atoms with van der Waals surface area (Å²) >= 11 is 0. The molecule has 7 nitrogen and oxygen atoms in total. The maximum atomic E-state index is 13.6. The molecule has 4 amide bonds. The van der Waals surface area contributed by atoms with Crippen LogP contribution in [0.5, 0.6) is 0 Å². The Morgan fingerprint density at radius 1 is 1.21 bits per heavy atom. The van der Waals surface area contributed by atoms with Crippen LogP contribution in [-0.4, -0.2) is 40.3 Å². The maximum absolute atomic E-state index is 13.6. The first-order valence-corrected chi connectivity index (χ1v) is 9.15. The van der Waals surface area contributed by atoms with E-state index in [4.69, 9.17) is 0 Å². The Bertz CT molecular complexity index is 1120. The number of carbonyl (C=O) groups excluding carboxylic acids is 3. The highest BCUT2D eigenvalue weighted by Gasteiger charge is 2.39. The van der Waals surface area contributed by atoms with Crippen LogP contribution in [0, 0.1) is 12.7 Å². The fourth-order valence-corrected chi connectivity index (χ4v) is 3.40. The fourth-order valence-electron chi connectivity index (χ4n) is 3.40. The number of hydrogen-bond donors (Lipinski definition) is 3. The second kappa shape index (κ2) is 7.38. The molecule has 1 fully saturated rings. The molecule has 2 aromatic carbocycles. The summed E-state index contributed by atoms with van der Waals surface area (Å²) in [6.45, 7) is 1.17. The molecular weight excluding hydrogens is 375 g/mol. The summed E-state index contributed by atoms with van der Waals surface area (Å²) in [5.74, 6) is -1.49. The molecule has 3 aromatic rings. The van der Waals surface area contributed by atoms with Crippen LogP contribution in [0.1, 0.15) is 11.1 Å². The van der Waals surface area contributed by atoms with E-state index in [0.29, 0.717) is 12.0 Å². The second-order valence-electron chi connectivity index (χ2n) is 7.00. The number of H-pyrrole nitrogens is 1. The average molecular weight is 394 g/mol. The Balaban J connectivity index is 1.42. The number of nitrogens with one attached hydrogen (secondary N) is 3. The zero-order valence-corrected chi connectivity index (χ0v) is 15.7. The number of halogens is 1. The molecule has 0 spiro atoms. The number of hydrogen-bond acceptors (Lipinski definition) is 3. The van der Waals surface area contributed by atoms with Gasteiger partial charge in [-0.15, -0.1) is 0 Å². The van der Waals surface area contributed by atoms with E-state index < -0.39 is 36.2 Å². The molecule has 0 aliphatic carbocycles. The lowest BCUT2D eigenvalue weighted by molar-refractivity contribution is -0.130. The quantitative estimate of drug-likeness (QED) is 0.581. The Labute approximate surface area is 165 Å². The number of anilines is 1. The minimum Gasteiger partial charge on any atom is -0.361 e. The number of imide groups is 1. The fraction of sp³-hybridized carbons (Fsp3) is 0.190. The highest BCUT2D eigenvalue weighted by atomic mass is 19.1. The van der Waals surface area contributed by atoms with Crippen molar-refractivity contribution in [3.05, 3.63) is 65.6 Å². The van der Waals surface area contributed by atoms with Crippen LogP contribution in [0.15, 0.2) is 48.7 Å². The van der Waals surface area contributed by atoms with Gasteiger partial charge in [0.2, 0.25) is 5.91 Å². The van der Waals surface area contributed by atoms with Crippen molar-refractivity contribution in [2.75, 3.05) is 11.9 Å². The molecule has 0 bridgehead atoms. The molecule has 1 atom stereocenters. The number of fused-ring (bicyclic) bond motifs is 1. The van der Waals surface area contributed by atoms with E-state index >= 15 is 0 Å². The van der Waals surface area contributed by atoms with Gasteiger partial charge in [-0.25, -0.2) is 9.18 Å². The SMILES string of the molecule is Cc1ccc(NC(=O)CN2C(=O)NC(Cc3c[nH]c4ccccc34)C2=O)cc1F. The van der Waals surface area contributed by atoms with Gasteiger partial charge in [0, 0.05) is 29.2 Å². The number of carbonyl (C=O) groups is 3. The number of aryl methyl sites for hydroxylation is 1. The summed E-state index contributed by atoms with van der Waals surface area (Å²) in [6.07, 6.45) is 2.13. The van der Waals surface area contributed by atoms with E-state index in [1.165, 1.54) is 12.1 Å². The summed E-state index contributed by atoms with van der Waals surface area (Å²) in [6, 6.07) is 10.6. The van der Waals surface area contributed by atoms with Gasteiger partial charge in [0.05, 0.1) is 0 Å². The largest absolute Gasteiger partial charge is 0.361 e. The van der Waals surface area contributed by atoms with Crippen molar-refractivity contribution in [1.29, 1.82) is 0 Å². The van der Waals surface area contributed by atoms with E-state index in [0.717, 1.165) is 21.4 Å². The average Bonchev–Trinajstić information content (AvgIpc) is 3.21. The topological polar surface area (TPSA) is 94.3 Å². The molecule has 3 N–H and O–H groups in total. The van der Waals surface area contributed by atoms with Crippen LogP contribution >= 0.6 is 0 Å². The van der Waals surface area contributed by atoms with E-state index in [1.807, 2.05) is 30.5 Å². The molecule has 0 radical (unpaired) electrons. The van der Waals surface area contributed by atoms with Crippen LogP contribution < -0.4 is 10.6 Å². The number of aromatic nitrogens is 1. The van der Waals surface area contributed by atoms with Gasteiger partial charge >= 0.3 is 6.03 Å². The van der Waals surface area contributed by atoms with Crippen LogP contribution in [0.4, 0.5) is 14.9 Å². The highest BCUT2D eigenvalue weighted by Crippen LogP contribution is 2.21. The second-order valence-corrected chi connectivity index (χ2v) is 7.00. The van der Waals surface area contributed by atoms with Gasteiger partial charge in [0.1, 0.15) is 18.4 Å². The van der Waals surface area contributed by atoms with Crippen molar-refractivity contribution >= 4 is 34.4 Å². The van der Waals surface area contributed by atoms with Gasteiger partial charge in [-0.1, -0.05) is 24.3 Å². The number of rotatable bonds is 5. The predicted molar refractivity (Wildman–Crippen MR) is 106 cm³/mol. The summed E-state index contributed by atoms with van der Waals surface area (Å²) in [5.41, 5.74) is 2.57. The number of benzene rings is 2. The molecule has 1 saturated heterocycles. The van der Waals surface area contributed by atoms with Crippen molar-refractivity contribution in [2.24, 2.45) is 0 Å². The minimum atomic E-state index is -0.744. The van der Waals surface area contributed by atoms with Crippen LogP contribution in [0.3, 0.4) is 0 Å². The van der Waals surface area contributed by atoms with Gasteiger partial charge in [0.15, 0.2) is 0 Å². The predicted octanol–water partition coefficient (Wildman–Crippen LogP) is 2.72. The smallest absolute Gasteiger partial charge is 0.325 e. The van der Waals surface area contributed by atoms with Crippen molar-refractivity contribution in [2.45, 2.75) is 19.4 Å². The Hall–Kier alpha value is -3.68. The molecule has 2 heterocycles. The monoisotopic (exact) mass is 394 g/mol.